The molecule has 116 valence electrons. The summed E-state index contributed by atoms with van der Waals surface area (Å²) < 4.78 is 1.22. The molecule has 0 aromatic heterocycles. The van der Waals surface area contributed by atoms with Gasteiger partial charge in [-0.3, -0.25) is 0 Å². The largest absolute Gasteiger partial charge is 0.0767 e. The highest BCUT2D eigenvalue weighted by Crippen LogP contribution is 2.52. The van der Waals surface area contributed by atoms with E-state index >= 15 is 0 Å². The molecule has 0 fully saturated rings. The molecule has 0 bridgehead atoms. The Morgan fingerprint density at radius 2 is 2.05 bits per heavy atom. The first kappa shape index (κ1) is 15.8. The second-order valence-electron chi connectivity index (χ2n) is 7.17. The Morgan fingerprint density at radius 1 is 1.27 bits per heavy atom. The summed E-state index contributed by atoms with van der Waals surface area (Å²) >= 11 is 3.73. The van der Waals surface area contributed by atoms with Gasteiger partial charge in [0, 0.05) is 10.4 Å². The lowest BCUT2D eigenvalue weighted by Crippen LogP contribution is -2.21. The second kappa shape index (κ2) is 5.85. The van der Waals surface area contributed by atoms with Gasteiger partial charge >= 0.3 is 0 Å². The van der Waals surface area contributed by atoms with Crippen molar-refractivity contribution in [3.63, 3.8) is 0 Å². The zero-order valence-corrected chi connectivity index (χ0v) is 15.6. The van der Waals surface area contributed by atoms with Gasteiger partial charge in [0.15, 0.2) is 0 Å². The van der Waals surface area contributed by atoms with Crippen molar-refractivity contribution < 1.29 is 0 Å². The first-order valence-electron chi connectivity index (χ1n) is 8.32. The number of allylic oxidation sites excluding steroid dienone is 6. The molecular formula is C21H25Br. The van der Waals surface area contributed by atoms with Crippen molar-refractivity contribution in [3.8, 4) is 0 Å². The van der Waals surface area contributed by atoms with Crippen LogP contribution in [0.15, 0.2) is 52.0 Å². The molecule has 1 heteroatoms. The van der Waals surface area contributed by atoms with Gasteiger partial charge in [-0.1, -0.05) is 79.1 Å². The van der Waals surface area contributed by atoms with E-state index in [0.29, 0.717) is 5.92 Å². The highest BCUT2D eigenvalue weighted by molar-refractivity contribution is 9.10. The van der Waals surface area contributed by atoms with E-state index in [1.165, 1.54) is 39.6 Å². The SMILES string of the molecule is CCCC1=CC(C(C)(C)C2C=C(C)c3c(Br)cccc32)=CC1. The van der Waals surface area contributed by atoms with Gasteiger partial charge in [-0.05, 0) is 53.5 Å². The molecule has 0 aliphatic heterocycles. The molecule has 3 rings (SSSR count). The molecule has 1 unspecified atom stereocenters. The van der Waals surface area contributed by atoms with Gasteiger partial charge in [0.05, 0.1) is 0 Å². The summed E-state index contributed by atoms with van der Waals surface area (Å²) in [4.78, 5) is 0. The van der Waals surface area contributed by atoms with Gasteiger partial charge in [0.2, 0.25) is 0 Å². The highest BCUT2D eigenvalue weighted by Gasteiger charge is 2.37. The predicted octanol–water partition coefficient (Wildman–Crippen LogP) is 7.03. The summed E-state index contributed by atoms with van der Waals surface area (Å²) in [5.74, 6) is 0.462. The van der Waals surface area contributed by atoms with E-state index in [-0.39, 0.29) is 5.41 Å². The smallest absolute Gasteiger partial charge is 0.0253 e. The van der Waals surface area contributed by atoms with Crippen LogP contribution in [0, 0.1) is 5.41 Å². The molecule has 1 aromatic carbocycles. The molecule has 0 amide bonds. The molecule has 0 nitrogen and oxygen atoms in total. The second-order valence-corrected chi connectivity index (χ2v) is 8.02. The topological polar surface area (TPSA) is 0 Å². The Hall–Kier alpha value is -1.08. The van der Waals surface area contributed by atoms with Gasteiger partial charge in [-0.25, -0.2) is 0 Å². The fraction of sp³-hybridized carbons (Fsp3) is 0.429. The fourth-order valence-corrected chi connectivity index (χ4v) is 4.63. The molecular weight excluding hydrogens is 332 g/mol. The number of hydrogen-bond donors (Lipinski definition) is 0. The molecule has 0 saturated carbocycles. The summed E-state index contributed by atoms with van der Waals surface area (Å²) in [5, 5.41) is 0. The van der Waals surface area contributed by atoms with Gasteiger partial charge in [-0.2, -0.15) is 0 Å². The monoisotopic (exact) mass is 356 g/mol. The third kappa shape index (κ3) is 2.54. The number of hydrogen-bond acceptors (Lipinski definition) is 0. The normalized spacial score (nSPS) is 20.6. The first-order chi connectivity index (χ1) is 10.4. The minimum atomic E-state index is 0.142. The summed E-state index contributed by atoms with van der Waals surface area (Å²) in [5.41, 5.74) is 7.52. The molecule has 2 aliphatic rings. The maximum Gasteiger partial charge on any atom is 0.0253 e. The van der Waals surface area contributed by atoms with Gasteiger partial charge < -0.3 is 0 Å². The van der Waals surface area contributed by atoms with E-state index in [4.69, 9.17) is 0 Å². The van der Waals surface area contributed by atoms with Crippen molar-refractivity contribution in [2.24, 2.45) is 5.41 Å². The van der Waals surface area contributed by atoms with E-state index in [9.17, 15) is 0 Å². The van der Waals surface area contributed by atoms with Crippen LogP contribution in [0.5, 0.6) is 0 Å². The van der Waals surface area contributed by atoms with Crippen molar-refractivity contribution in [1.29, 1.82) is 0 Å². The Morgan fingerprint density at radius 3 is 2.77 bits per heavy atom. The van der Waals surface area contributed by atoms with Crippen molar-refractivity contribution in [3.05, 3.63) is 63.2 Å². The van der Waals surface area contributed by atoms with Crippen molar-refractivity contribution in [2.75, 3.05) is 0 Å². The zero-order valence-electron chi connectivity index (χ0n) is 14.0. The van der Waals surface area contributed by atoms with Crippen LogP contribution in [-0.4, -0.2) is 0 Å². The molecule has 0 radical (unpaired) electrons. The Bertz CT molecular complexity index is 686. The summed E-state index contributed by atoms with van der Waals surface area (Å²) in [7, 11) is 0. The van der Waals surface area contributed by atoms with Crippen LogP contribution < -0.4 is 0 Å². The van der Waals surface area contributed by atoms with Crippen molar-refractivity contribution in [1.82, 2.24) is 0 Å². The Balaban J connectivity index is 1.98. The summed E-state index contributed by atoms with van der Waals surface area (Å²) in [6, 6.07) is 6.62. The maximum absolute atomic E-state index is 3.73. The fourth-order valence-electron chi connectivity index (χ4n) is 3.94. The predicted molar refractivity (Wildman–Crippen MR) is 100 cm³/mol. The summed E-state index contributed by atoms with van der Waals surface area (Å²) in [6.45, 7) is 9.30. The van der Waals surface area contributed by atoms with E-state index in [2.05, 4.69) is 80.1 Å². The van der Waals surface area contributed by atoms with Gasteiger partial charge in [0.25, 0.3) is 0 Å². The number of halogens is 1. The van der Waals surface area contributed by atoms with Crippen LogP contribution in [0.3, 0.4) is 0 Å². The first-order valence-corrected chi connectivity index (χ1v) is 9.11. The van der Waals surface area contributed by atoms with E-state index in [0.717, 1.165) is 6.42 Å². The van der Waals surface area contributed by atoms with Crippen LogP contribution in [0.25, 0.3) is 5.57 Å². The number of rotatable bonds is 4. The van der Waals surface area contributed by atoms with Crippen LogP contribution >= 0.6 is 15.9 Å². The van der Waals surface area contributed by atoms with Crippen LogP contribution in [0.2, 0.25) is 0 Å². The average Bonchev–Trinajstić information content (AvgIpc) is 3.06. The summed E-state index contributed by atoms with van der Waals surface area (Å²) in [6.07, 6.45) is 11.0. The lowest BCUT2D eigenvalue weighted by Gasteiger charge is -2.32. The van der Waals surface area contributed by atoms with E-state index in [1.54, 1.807) is 5.57 Å². The minimum absolute atomic E-state index is 0.142. The third-order valence-electron chi connectivity index (χ3n) is 5.23. The molecule has 2 aliphatic carbocycles. The Kier molecular flexibility index (Phi) is 4.20. The minimum Gasteiger partial charge on any atom is -0.0767 e. The Labute approximate surface area is 143 Å². The highest BCUT2D eigenvalue weighted by atomic mass is 79.9. The molecule has 1 aromatic rings. The quantitative estimate of drug-likeness (QED) is 0.542. The van der Waals surface area contributed by atoms with Gasteiger partial charge in [0.1, 0.15) is 0 Å². The van der Waals surface area contributed by atoms with Gasteiger partial charge in [-0.15, -0.1) is 0 Å². The molecule has 0 N–H and O–H groups in total. The average molecular weight is 357 g/mol. The van der Waals surface area contributed by atoms with Crippen LogP contribution in [-0.2, 0) is 0 Å². The zero-order chi connectivity index (χ0) is 15.9. The number of benzene rings is 1. The van der Waals surface area contributed by atoms with Crippen molar-refractivity contribution >= 4 is 21.5 Å². The van der Waals surface area contributed by atoms with Crippen LogP contribution in [0.4, 0.5) is 0 Å². The number of fused-ring (bicyclic) bond motifs is 1. The molecule has 0 spiro atoms. The molecule has 22 heavy (non-hydrogen) atoms. The van der Waals surface area contributed by atoms with Crippen molar-refractivity contribution in [2.45, 2.75) is 52.9 Å². The molecule has 0 heterocycles. The standard InChI is InChI=1S/C21H25Br/c1-5-7-15-10-11-16(13-15)21(3,4)18-12-14(2)20-17(18)8-6-9-19(20)22/h6,8-9,11-13,18H,5,7,10H2,1-4H3. The molecule has 0 saturated heterocycles. The van der Waals surface area contributed by atoms with Crippen LogP contribution in [0.1, 0.15) is 64.0 Å². The lowest BCUT2D eigenvalue weighted by atomic mass is 9.71. The maximum atomic E-state index is 3.73. The van der Waals surface area contributed by atoms with E-state index < -0.39 is 0 Å². The third-order valence-corrected chi connectivity index (χ3v) is 5.89. The van der Waals surface area contributed by atoms with E-state index in [1.807, 2.05) is 0 Å². The lowest BCUT2D eigenvalue weighted by molar-refractivity contribution is 0.410. The molecule has 1 atom stereocenters.